The molecule has 1 heterocycles. The van der Waals surface area contributed by atoms with E-state index in [1.54, 1.807) is 0 Å². The predicted molar refractivity (Wildman–Crippen MR) is 106 cm³/mol. The molecule has 166 valence electrons. The summed E-state index contributed by atoms with van der Waals surface area (Å²) in [6, 6.07) is 6.66. The SMILES string of the molecule is O=C(COC(=O)c1cc(F)c(F)cc1Cl)Nc1ccc(S(=O)(=O)N2CCOCC2)cc1. The van der Waals surface area contributed by atoms with Crippen molar-refractivity contribution >= 4 is 39.2 Å². The minimum Gasteiger partial charge on any atom is -0.452 e. The summed E-state index contributed by atoms with van der Waals surface area (Å²) in [5.74, 6) is -4.34. The van der Waals surface area contributed by atoms with Crippen molar-refractivity contribution in [2.24, 2.45) is 0 Å². The molecule has 0 saturated carbocycles. The topological polar surface area (TPSA) is 102 Å². The van der Waals surface area contributed by atoms with Crippen LogP contribution in [0, 0.1) is 11.6 Å². The fraction of sp³-hybridized carbons (Fsp3) is 0.263. The summed E-state index contributed by atoms with van der Waals surface area (Å²) in [5, 5.41) is 2.07. The van der Waals surface area contributed by atoms with Crippen LogP contribution in [0.3, 0.4) is 0 Å². The van der Waals surface area contributed by atoms with Crippen LogP contribution in [0.15, 0.2) is 41.3 Å². The Kier molecular flexibility index (Phi) is 7.21. The number of amides is 1. The fourth-order valence-electron chi connectivity index (χ4n) is 2.73. The molecule has 0 aromatic heterocycles. The number of carbonyl (C=O) groups excluding carboxylic acids is 2. The third kappa shape index (κ3) is 5.56. The number of morpholine rings is 1. The first-order valence-corrected chi connectivity index (χ1v) is 10.8. The van der Waals surface area contributed by atoms with E-state index in [0.717, 1.165) is 0 Å². The molecule has 2 aromatic carbocycles. The monoisotopic (exact) mass is 474 g/mol. The number of nitrogens with zero attached hydrogens (tertiary/aromatic N) is 1. The molecule has 0 unspecified atom stereocenters. The second-order valence-electron chi connectivity index (χ2n) is 6.41. The molecular weight excluding hydrogens is 458 g/mol. The molecule has 1 N–H and O–H groups in total. The quantitative estimate of drug-likeness (QED) is 0.509. The van der Waals surface area contributed by atoms with E-state index < -0.39 is 45.7 Å². The maximum Gasteiger partial charge on any atom is 0.340 e. The second-order valence-corrected chi connectivity index (χ2v) is 8.76. The van der Waals surface area contributed by atoms with Gasteiger partial charge in [0.1, 0.15) is 0 Å². The number of benzene rings is 2. The van der Waals surface area contributed by atoms with Gasteiger partial charge in [-0.1, -0.05) is 11.6 Å². The Morgan fingerprint density at radius 2 is 1.71 bits per heavy atom. The molecule has 31 heavy (non-hydrogen) atoms. The number of esters is 1. The number of nitrogens with one attached hydrogen (secondary N) is 1. The van der Waals surface area contributed by atoms with Crippen LogP contribution in [-0.2, 0) is 24.3 Å². The van der Waals surface area contributed by atoms with Crippen molar-refractivity contribution in [2.75, 3.05) is 38.2 Å². The van der Waals surface area contributed by atoms with E-state index >= 15 is 0 Å². The number of rotatable bonds is 6. The second kappa shape index (κ2) is 9.69. The lowest BCUT2D eigenvalue weighted by molar-refractivity contribution is -0.119. The summed E-state index contributed by atoms with van der Waals surface area (Å²) in [6.45, 7) is 0.439. The van der Waals surface area contributed by atoms with Crippen LogP contribution in [0.25, 0.3) is 0 Å². The van der Waals surface area contributed by atoms with Gasteiger partial charge in [0.05, 0.1) is 28.7 Å². The van der Waals surface area contributed by atoms with Gasteiger partial charge in [-0.2, -0.15) is 4.31 Å². The standard InChI is InChI=1S/C19H17ClF2N2O6S/c20-15-10-17(22)16(21)9-14(15)19(26)30-11-18(25)23-12-1-3-13(4-2-12)31(27,28)24-5-7-29-8-6-24/h1-4,9-10H,5-8,11H2,(H,23,25). The fourth-order valence-corrected chi connectivity index (χ4v) is 4.37. The number of sulfonamides is 1. The molecule has 1 saturated heterocycles. The lowest BCUT2D eigenvalue weighted by Gasteiger charge is -2.26. The molecule has 12 heteroatoms. The molecule has 2 aromatic rings. The van der Waals surface area contributed by atoms with Crippen LogP contribution in [0.5, 0.6) is 0 Å². The van der Waals surface area contributed by atoms with Crippen molar-refractivity contribution in [2.45, 2.75) is 4.90 Å². The summed E-state index contributed by atoms with van der Waals surface area (Å²) in [5.41, 5.74) is -0.154. The maximum atomic E-state index is 13.3. The van der Waals surface area contributed by atoms with Crippen LogP contribution in [0.1, 0.15) is 10.4 Å². The van der Waals surface area contributed by atoms with Gasteiger partial charge in [0.25, 0.3) is 5.91 Å². The van der Waals surface area contributed by atoms with Gasteiger partial charge < -0.3 is 14.8 Å². The highest BCUT2D eigenvalue weighted by Crippen LogP contribution is 2.21. The van der Waals surface area contributed by atoms with Crippen LogP contribution < -0.4 is 5.32 Å². The Morgan fingerprint density at radius 3 is 2.35 bits per heavy atom. The molecule has 1 amide bonds. The Hall–Kier alpha value is -2.60. The first kappa shape index (κ1) is 23.1. The summed E-state index contributed by atoms with van der Waals surface area (Å²) in [4.78, 5) is 24.0. The number of carbonyl (C=O) groups is 2. The van der Waals surface area contributed by atoms with Gasteiger partial charge in [-0.05, 0) is 36.4 Å². The number of anilines is 1. The van der Waals surface area contributed by atoms with Gasteiger partial charge in [-0.3, -0.25) is 4.79 Å². The number of hydrogen-bond donors (Lipinski definition) is 1. The van der Waals surface area contributed by atoms with Crippen molar-refractivity contribution in [1.29, 1.82) is 0 Å². The first-order valence-electron chi connectivity index (χ1n) is 8.98. The van der Waals surface area contributed by atoms with Crippen LogP contribution >= 0.6 is 11.6 Å². The Bertz CT molecular complexity index is 1090. The van der Waals surface area contributed by atoms with Crippen LogP contribution in [0.4, 0.5) is 14.5 Å². The largest absolute Gasteiger partial charge is 0.452 e. The minimum absolute atomic E-state index is 0.0619. The molecule has 0 bridgehead atoms. The Balaban J connectivity index is 1.57. The van der Waals surface area contributed by atoms with E-state index in [-0.39, 0.29) is 28.7 Å². The smallest absolute Gasteiger partial charge is 0.340 e. The average molecular weight is 475 g/mol. The molecule has 0 spiro atoms. The molecule has 1 aliphatic rings. The Morgan fingerprint density at radius 1 is 1.10 bits per heavy atom. The molecule has 1 fully saturated rings. The highest BCUT2D eigenvalue weighted by molar-refractivity contribution is 7.89. The van der Waals surface area contributed by atoms with Gasteiger partial charge in [-0.25, -0.2) is 22.0 Å². The zero-order chi connectivity index (χ0) is 22.6. The molecule has 0 radical (unpaired) electrons. The van der Waals surface area contributed by atoms with Crippen molar-refractivity contribution in [3.05, 3.63) is 58.6 Å². The summed E-state index contributed by atoms with van der Waals surface area (Å²) < 4.78 is 62.7. The zero-order valence-electron chi connectivity index (χ0n) is 15.9. The normalized spacial score (nSPS) is 14.8. The minimum atomic E-state index is -3.67. The van der Waals surface area contributed by atoms with E-state index in [1.807, 2.05) is 0 Å². The van der Waals surface area contributed by atoms with Crippen LogP contribution in [0.2, 0.25) is 5.02 Å². The van der Waals surface area contributed by atoms with E-state index in [0.29, 0.717) is 25.3 Å². The number of halogens is 3. The molecule has 0 aliphatic carbocycles. The van der Waals surface area contributed by atoms with Gasteiger partial charge in [0.2, 0.25) is 10.0 Å². The zero-order valence-corrected chi connectivity index (χ0v) is 17.5. The molecular formula is C19H17ClF2N2O6S. The average Bonchev–Trinajstić information content (AvgIpc) is 2.75. The third-order valence-corrected chi connectivity index (χ3v) is 6.54. The van der Waals surface area contributed by atoms with Gasteiger partial charge in [0, 0.05) is 18.8 Å². The highest BCUT2D eigenvalue weighted by atomic mass is 35.5. The van der Waals surface area contributed by atoms with Gasteiger partial charge >= 0.3 is 5.97 Å². The van der Waals surface area contributed by atoms with Crippen LogP contribution in [-0.4, -0.2) is 57.5 Å². The predicted octanol–water partition coefficient (Wildman–Crippen LogP) is 2.43. The highest BCUT2D eigenvalue weighted by Gasteiger charge is 2.26. The molecule has 8 nitrogen and oxygen atoms in total. The third-order valence-electron chi connectivity index (χ3n) is 4.31. The number of hydrogen-bond acceptors (Lipinski definition) is 6. The maximum absolute atomic E-state index is 13.3. The summed E-state index contributed by atoms with van der Waals surface area (Å²) in [7, 11) is -3.67. The van der Waals surface area contributed by atoms with Crippen molar-refractivity contribution in [1.82, 2.24) is 4.31 Å². The Labute approximate surface area is 181 Å². The van der Waals surface area contributed by atoms with Crippen molar-refractivity contribution in [3.8, 4) is 0 Å². The van der Waals surface area contributed by atoms with E-state index in [1.165, 1.54) is 28.6 Å². The van der Waals surface area contributed by atoms with E-state index in [9.17, 15) is 26.8 Å². The number of ether oxygens (including phenoxy) is 2. The van der Waals surface area contributed by atoms with Gasteiger partial charge in [0.15, 0.2) is 18.2 Å². The molecule has 0 atom stereocenters. The molecule has 1 aliphatic heterocycles. The molecule has 3 rings (SSSR count). The van der Waals surface area contributed by atoms with E-state index in [4.69, 9.17) is 21.1 Å². The van der Waals surface area contributed by atoms with Crippen molar-refractivity contribution < 1.29 is 36.3 Å². The lowest BCUT2D eigenvalue weighted by Crippen LogP contribution is -2.40. The first-order chi connectivity index (χ1) is 14.7. The summed E-state index contributed by atoms with van der Waals surface area (Å²) in [6.07, 6.45) is 0. The van der Waals surface area contributed by atoms with Gasteiger partial charge in [-0.15, -0.1) is 0 Å². The lowest BCUT2D eigenvalue weighted by atomic mass is 10.2. The van der Waals surface area contributed by atoms with E-state index in [2.05, 4.69) is 5.32 Å². The van der Waals surface area contributed by atoms with Crippen molar-refractivity contribution in [3.63, 3.8) is 0 Å². The summed E-state index contributed by atoms with van der Waals surface area (Å²) >= 11 is 5.68.